The van der Waals surface area contributed by atoms with Crippen LogP contribution in [0.25, 0.3) is 0 Å². The highest BCUT2D eigenvalue weighted by atomic mass is 15.2. The van der Waals surface area contributed by atoms with Crippen molar-refractivity contribution in [3.05, 3.63) is 0 Å². The Morgan fingerprint density at radius 1 is 1.29 bits per heavy atom. The van der Waals surface area contributed by atoms with Crippen molar-refractivity contribution in [2.45, 2.75) is 72.8 Å². The Bertz CT molecular complexity index is 219. The van der Waals surface area contributed by atoms with Gasteiger partial charge >= 0.3 is 0 Å². The molecule has 3 N–H and O–H groups in total. The molecule has 0 saturated heterocycles. The molecule has 0 aromatic heterocycles. The molecule has 0 heterocycles. The smallest absolute Gasteiger partial charge is 0.0241 e. The zero-order valence-corrected chi connectivity index (χ0v) is 12.4. The predicted molar refractivity (Wildman–Crippen MR) is 75.5 cm³/mol. The lowest BCUT2D eigenvalue weighted by atomic mass is 9.72. The third-order valence-electron chi connectivity index (χ3n) is 4.85. The molecule has 0 radical (unpaired) electrons. The lowest BCUT2D eigenvalue weighted by Gasteiger charge is -2.37. The van der Waals surface area contributed by atoms with E-state index >= 15 is 0 Å². The average Bonchev–Trinajstić information content (AvgIpc) is 2.24. The minimum atomic E-state index is 0.384. The molecule has 1 rings (SSSR count). The standard InChI is InChI=1S/C15H32N2/c1-11-7-6-8-13(9-11)14(17-16)10-12(2)15(3,4)5/h11-14,17H,6-10,16H2,1-5H3. The van der Waals surface area contributed by atoms with Crippen LogP contribution >= 0.6 is 0 Å². The maximum atomic E-state index is 5.79. The average molecular weight is 240 g/mol. The van der Waals surface area contributed by atoms with Gasteiger partial charge in [0.05, 0.1) is 0 Å². The van der Waals surface area contributed by atoms with E-state index in [0.717, 1.165) is 11.8 Å². The molecule has 0 aromatic carbocycles. The van der Waals surface area contributed by atoms with Crippen molar-refractivity contribution in [2.75, 3.05) is 0 Å². The lowest BCUT2D eigenvalue weighted by molar-refractivity contribution is 0.161. The zero-order chi connectivity index (χ0) is 13.1. The van der Waals surface area contributed by atoms with E-state index < -0.39 is 0 Å². The molecule has 17 heavy (non-hydrogen) atoms. The van der Waals surface area contributed by atoms with Crippen LogP contribution in [0, 0.1) is 23.2 Å². The highest BCUT2D eigenvalue weighted by molar-refractivity contribution is 4.84. The van der Waals surface area contributed by atoms with E-state index in [2.05, 4.69) is 40.0 Å². The molecule has 2 heteroatoms. The first-order valence-corrected chi connectivity index (χ1v) is 7.30. The molecular formula is C15H32N2. The first kappa shape index (κ1) is 15.0. The maximum absolute atomic E-state index is 5.79. The van der Waals surface area contributed by atoms with Gasteiger partial charge in [-0.05, 0) is 42.4 Å². The van der Waals surface area contributed by atoms with Crippen LogP contribution in [0.15, 0.2) is 0 Å². The molecule has 1 aliphatic carbocycles. The minimum absolute atomic E-state index is 0.384. The topological polar surface area (TPSA) is 38.0 Å². The van der Waals surface area contributed by atoms with Gasteiger partial charge in [0, 0.05) is 6.04 Å². The van der Waals surface area contributed by atoms with Gasteiger partial charge in [-0.25, -0.2) is 0 Å². The Labute approximate surface area is 108 Å². The minimum Gasteiger partial charge on any atom is -0.271 e. The summed E-state index contributed by atoms with van der Waals surface area (Å²) >= 11 is 0. The number of rotatable bonds is 4. The highest BCUT2D eigenvalue weighted by Crippen LogP contribution is 2.35. The molecule has 4 unspecified atom stereocenters. The number of nitrogens with two attached hydrogens (primary N) is 1. The van der Waals surface area contributed by atoms with Crippen molar-refractivity contribution < 1.29 is 0 Å². The summed E-state index contributed by atoms with van der Waals surface area (Å²) in [6, 6.07) is 0.506. The summed E-state index contributed by atoms with van der Waals surface area (Å²) in [5.74, 6) is 8.17. The fourth-order valence-electron chi connectivity index (χ4n) is 2.98. The van der Waals surface area contributed by atoms with Crippen molar-refractivity contribution in [1.82, 2.24) is 5.43 Å². The summed E-state index contributed by atoms with van der Waals surface area (Å²) in [6.45, 7) is 11.7. The Morgan fingerprint density at radius 3 is 2.41 bits per heavy atom. The summed E-state index contributed by atoms with van der Waals surface area (Å²) in [4.78, 5) is 0. The van der Waals surface area contributed by atoms with Crippen LogP contribution in [-0.4, -0.2) is 6.04 Å². The Balaban J connectivity index is 2.53. The van der Waals surface area contributed by atoms with E-state index in [1.807, 2.05) is 0 Å². The second-order valence-electron chi connectivity index (χ2n) is 7.31. The van der Waals surface area contributed by atoms with Gasteiger partial charge in [-0.15, -0.1) is 0 Å². The van der Waals surface area contributed by atoms with E-state index in [1.165, 1.54) is 32.1 Å². The van der Waals surface area contributed by atoms with Crippen molar-refractivity contribution in [1.29, 1.82) is 0 Å². The summed E-state index contributed by atoms with van der Waals surface area (Å²) in [5, 5.41) is 0. The molecular weight excluding hydrogens is 208 g/mol. The predicted octanol–water partition coefficient (Wildman–Crippen LogP) is 3.72. The van der Waals surface area contributed by atoms with Gasteiger partial charge in [-0.3, -0.25) is 11.3 Å². The van der Waals surface area contributed by atoms with E-state index in [9.17, 15) is 0 Å². The molecule has 1 saturated carbocycles. The fraction of sp³-hybridized carbons (Fsp3) is 1.00. The molecule has 1 fully saturated rings. The lowest BCUT2D eigenvalue weighted by Crippen LogP contribution is -2.44. The van der Waals surface area contributed by atoms with E-state index in [0.29, 0.717) is 17.4 Å². The monoisotopic (exact) mass is 240 g/mol. The van der Waals surface area contributed by atoms with Gasteiger partial charge in [0.2, 0.25) is 0 Å². The second-order valence-corrected chi connectivity index (χ2v) is 7.31. The molecule has 2 nitrogen and oxygen atoms in total. The quantitative estimate of drug-likeness (QED) is 0.580. The van der Waals surface area contributed by atoms with Gasteiger partial charge in [0.1, 0.15) is 0 Å². The van der Waals surface area contributed by atoms with Crippen molar-refractivity contribution in [3.63, 3.8) is 0 Å². The molecule has 4 atom stereocenters. The third kappa shape index (κ3) is 4.59. The van der Waals surface area contributed by atoms with Gasteiger partial charge in [-0.2, -0.15) is 0 Å². The molecule has 0 bridgehead atoms. The third-order valence-corrected chi connectivity index (χ3v) is 4.85. The van der Waals surface area contributed by atoms with Crippen molar-refractivity contribution in [2.24, 2.45) is 29.0 Å². The number of hydrogen-bond acceptors (Lipinski definition) is 2. The van der Waals surface area contributed by atoms with Gasteiger partial charge in [0.25, 0.3) is 0 Å². The summed E-state index contributed by atoms with van der Waals surface area (Å²) in [5.41, 5.74) is 3.48. The first-order valence-electron chi connectivity index (χ1n) is 7.30. The summed E-state index contributed by atoms with van der Waals surface area (Å²) in [7, 11) is 0. The van der Waals surface area contributed by atoms with Crippen LogP contribution in [-0.2, 0) is 0 Å². The Kier molecular flexibility index (Phi) is 5.46. The summed E-state index contributed by atoms with van der Waals surface area (Å²) < 4.78 is 0. The van der Waals surface area contributed by atoms with Crippen LogP contribution < -0.4 is 11.3 Å². The maximum Gasteiger partial charge on any atom is 0.0241 e. The van der Waals surface area contributed by atoms with Crippen LogP contribution in [0.1, 0.15) is 66.7 Å². The highest BCUT2D eigenvalue weighted by Gasteiger charge is 2.30. The molecule has 0 aromatic rings. The molecule has 1 aliphatic rings. The Hall–Kier alpha value is -0.0800. The summed E-state index contributed by atoms with van der Waals surface area (Å²) in [6.07, 6.45) is 6.70. The van der Waals surface area contributed by atoms with Crippen LogP contribution in [0.2, 0.25) is 0 Å². The van der Waals surface area contributed by atoms with Crippen molar-refractivity contribution in [3.8, 4) is 0 Å². The number of hydrogen-bond donors (Lipinski definition) is 2. The van der Waals surface area contributed by atoms with Gasteiger partial charge in [0.15, 0.2) is 0 Å². The SMILES string of the molecule is CC1CCCC(C(CC(C)C(C)(C)C)NN)C1. The number of nitrogens with one attached hydrogen (secondary N) is 1. The largest absolute Gasteiger partial charge is 0.271 e. The molecule has 0 spiro atoms. The normalized spacial score (nSPS) is 30.0. The van der Waals surface area contributed by atoms with Gasteiger partial charge in [-0.1, -0.05) is 47.5 Å². The van der Waals surface area contributed by atoms with E-state index in [-0.39, 0.29) is 0 Å². The zero-order valence-electron chi connectivity index (χ0n) is 12.4. The molecule has 0 aliphatic heterocycles. The molecule has 102 valence electrons. The van der Waals surface area contributed by atoms with Crippen LogP contribution in [0.4, 0.5) is 0 Å². The van der Waals surface area contributed by atoms with Crippen molar-refractivity contribution >= 4 is 0 Å². The Morgan fingerprint density at radius 2 is 1.94 bits per heavy atom. The van der Waals surface area contributed by atoms with Gasteiger partial charge < -0.3 is 0 Å². The number of hydrazine groups is 1. The van der Waals surface area contributed by atoms with E-state index in [4.69, 9.17) is 5.84 Å². The first-order chi connectivity index (χ1) is 7.84. The fourth-order valence-corrected chi connectivity index (χ4v) is 2.98. The van der Waals surface area contributed by atoms with Crippen LogP contribution in [0.5, 0.6) is 0 Å². The molecule has 0 amide bonds. The second kappa shape index (κ2) is 6.19. The van der Waals surface area contributed by atoms with E-state index in [1.54, 1.807) is 0 Å². The van der Waals surface area contributed by atoms with Crippen LogP contribution in [0.3, 0.4) is 0 Å².